The van der Waals surface area contributed by atoms with Gasteiger partial charge in [0.15, 0.2) is 0 Å². The van der Waals surface area contributed by atoms with E-state index in [-0.39, 0.29) is 11.9 Å². The van der Waals surface area contributed by atoms with Gasteiger partial charge in [0.25, 0.3) is 5.91 Å². The number of hydrogen-bond donors (Lipinski definition) is 1. The van der Waals surface area contributed by atoms with Crippen LogP contribution >= 0.6 is 31.9 Å². The van der Waals surface area contributed by atoms with E-state index in [9.17, 15) is 4.79 Å². The monoisotopic (exact) mass is 382 g/mol. The van der Waals surface area contributed by atoms with E-state index in [0.29, 0.717) is 5.69 Å². The molecule has 1 atom stereocenters. The average Bonchev–Trinajstić information content (AvgIpc) is 2.40. The summed E-state index contributed by atoms with van der Waals surface area (Å²) in [6.45, 7) is 1.94. The zero-order chi connectivity index (χ0) is 13.8. The summed E-state index contributed by atoms with van der Waals surface area (Å²) >= 11 is 6.68. The van der Waals surface area contributed by atoms with E-state index in [2.05, 4.69) is 42.2 Å². The van der Waals surface area contributed by atoms with Crippen molar-refractivity contribution in [1.29, 1.82) is 0 Å². The molecule has 0 radical (unpaired) electrons. The summed E-state index contributed by atoms with van der Waals surface area (Å²) in [6, 6.07) is 11.3. The predicted octanol–water partition coefficient (Wildman–Crippen LogP) is 4.10. The van der Waals surface area contributed by atoms with Crippen LogP contribution in [0.25, 0.3) is 0 Å². The molecule has 0 aliphatic carbocycles. The predicted molar refractivity (Wildman–Crippen MR) is 82.0 cm³/mol. The van der Waals surface area contributed by atoms with Crippen molar-refractivity contribution in [2.45, 2.75) is 13.0 Å². The van der Waals surface area contributed by atoms with Crippen LogP contribution in [0.1, 0.15) is 29.0 Å². The fraction of sp³-hybridized carbons (Fsp3) is 0.143. The van der Waals surface area contributed by atoms with Crippen LogP contribution in [0.15, 0.2) is 51.5 Å². The smallest absolute Gasteiger partial charge is 0.270 e. The fourth-order valence-electron chi connectivity index (χ4n) is 1.62. The summed E-state index contributed by atoms with van der Waals surface area (Å²) in [6.07, 6.45) is 1.61. The molecule has 19 heavy (non-hydrogen) atoms. The van der Waals surface area contributed by atoms with E-state index in [1.54, 1.807) is 18.3 Å². The molecule has 0 aliphatic heterocycles. The van der Waals surface area contributed by atoms with Gasteiger partial charge in [0.1, 0.15) is 5.69 Å². The summed E-state index contributed by atoms with van der Waals surface area (Å²) in [5, 5.41) is 2.92. The first-order valence-electron chi connectivity index (χ1n) is 5.74. The molecule has 3 nitrogen and oxygen atoms in total. The van der Waals surface area contributed by atoms with E-state index >= 15 is 0 Å². The SMILES string of the molecule is CC(NC(=O)c1ccc(Br)cn1)c1ccc(Br)cc1. The lowest BCUT2D eigenvalue weighted by atomic mass is 10.1. The van der Waals surface area contributed by atoms with Crippen molar-refractivity contribution in [1.82, 2.24) is 10.3 Å². The number of carbonyl (C=O) groups is 1. The van der Waals surface area contributed by atoms with Crippen molar-refractivity contribution in [2.24, 2.45) is 0 Å². The lowest BCUT2D eigenvalue weighted by Crippen LogP contribution is -2.27. The van der Waals surface area contributed by atoms with Crippen LogP contribution in [0.4, 0.5) is 0 Å². The van der Waals surface area contributed by atoms with Crippen molar-refractivity contribution < 1.29 is 4.79 Å². The quantitative estimate of drug-likeness (QED) is 0.866. The van der Waals surface area contributed by atoms with Crippen molar-refractivity contribution in [3.05, 3.63) is 62.8 Å². The van der Waals surface area contributed by atoms with Gasteiger partial charge in [0, 0.05) is 15.1 Å². The maximum absolute atomic E-state index is 12.0. The summed E-state index contributed by atoms with van der Waals surface area (Å²) in [5.41, 5.74) is 1.46. The topological polar surface area (TPSA) is 42.0 Å². The number of hydrogen-bond acceptors (Lipinski definition) is 2. The van der Waals surface area contributed by atoms with Crippen LogP contribution in [0.5, 0.6) is 0 Å². The lowest BCUT2D eigenvalue weighted by Gasteiger charge is -2.14. The maximum Gasteiger partial charge on any atom is 0.270 e. The Morgan fingerprint density at radius 2 is 1.74 bits per heavy atom. The molecule has 2 aromatic rings. The fourth-order valence-corrected chi connectivity index (χ4v) is 2.11. The Hall–Kier alpha value is -1.20. The molecule has 1 aromatic heterocycles. The van der Waals surface area contributed by atoms with Crippen molar-refractivity contribution >= 4 is 37.8 Å². The standard InChI is InChI=1S/C14H12Br2N2O/c1-9(10-2-4-11(15)5-3-10)18-14(19)13-7-6-12(16)8-17-13/h2-9H,1H3,(H,18,19). The highest BCUT2D eigenvalue weighted by molar-refractivity contribution is 9.10. The third-order valence-electron chi connectivity index (χ3n) is 2.68. The Morgan fingerprint density at radius 1 is 1.11 bits per heavy atom. The number of carbonyl (C=O) groups excluding carboxylic acids is 1. The van der Waals surface area contributed by atoms with E-state index in [1.165, 1.54) is 0 Å². The number of rotatable bonds is 3. The van der Waals surface area contributed by atoms with Crippen molar-refractivity contribution in [3.8, 4) is 0 Å². The molecule has 1 aromatic carbocycles. The molecule has 1 amide bonds. The molecule has 0 aliphatic rings. The van der Waals surface area contributed by atoms with Gasteiger partial charge in [0.2, 0.25) is 0 Å². The first-order chi connectivity index (χ1) is 9.06. The van der Waals surface area contributed by atoms with Gasteiger partial charge in [-0.3, -0.25) is 4.79 Å². The normalized spacial score (nSPS) is 11.9. The van der Waals surface area contributed by atoms with Crippen LogP contribution < -0.4 is 5.32 Å². The Bertz CT molecular complexity index is 567. The van der Waals surface area contributed by atoms with Gasteiger partial charge in [0.05, 0.1) is 6.04 Å². The van der Waals surface area contributed by atoms with Gasteiger partial charge >= 0.3 is 0 Å². The summed E-state index contributed by atoms with van der Waals surface area (Å²) in [7, 11) is 0. The number of pyridine rings is 1. The Morgan fingerprint density at radius 3 is 2.32 bits per heavy atom. The van der Waals surface area contributed by atoms with Gasteiger partial charge in [-0.05, 0) is 52.7 Å². The van der Waals surface area contributed by atoms with Crippen LogP contribution in [0.3, 0.4) is 0 Å². The molecule has 1 N–H and O–H groups in total. The Labute approximate surface area is 128 Å². The molecule has 98 valence electrons. The molecule has 0 saturated heterocycles. The number of aromatic nitrogens is 1. The van der Waals surface area contributed by atoms with Crippen LogP contribution in [0, 0.1) is 0 Å². The molecule has 1 unspecified atom stereocenters. The minimum absolute atomic E-state index is 0.0638. The summed E-state index contributed by atoms with van der Waals surface area (Å²) < 4.78 is 1.87. The highest BCUT2D eigenvalue weighted by Gasteiger charge is 2.12. The van der Waals surface area contributed by atoms with E-state index in [1.807, 2.05) is 31.2 Å². The zero-order valence-corrected chi connectivity index (χ0v) is 13.4. The number of halogens is 2. The molecular weight excluding hydrogens is 372 g/mol. The van der Waals surface area contributed by atoms with Gasteiger partial charge in [-0.1, -0.05) is 28.1 Å². The second-order valence-corrected chi connectivity index (χ2v) is 5.94. The summed E-state index contributed by atoms with van der Waals surface area (Å²) in [4.78, 5) is 16.1. The minimum atomic E-state index is -0.178. The number of nitrogens with zero attached hydrogens (tertiary/aromatic N) is 1. The molecule has 0 bridgehead atoms. The average molecular weight is 384 g/mol. The second-order valence-electron chi connectivity index (χ2n) is 4.11. The first-order valence-corrected chi connectivity index (χ1v) is 7.33. The zero-order valence-electron chi connectivity index (χ0n) is 10.2. The number of amides is 1. The molecule has 1 heterocycles. The Kier molecular flexibility index (Phi) is 4.71. The van der Waals surface area contributed by atoms with Gasteiger partial charge in [-0.25, -0.2) is 4.98 Å². The minimum Gasteiger partial charge on any atom is -0.344 e. The highest BCUT2D eigenvalue weighted by Crippen LogP contribution is 2.17. The third-order valence-corrected chi connectivity index (χ3v) is 3.68. The van der Waals surface area contributed by atoms with Crippen LogP contribution in [0.2, 0.25) is 0 Å². The molecule has 0 spiro atoms. The molecule has 0 fully saturated rings. The third kappa shape index (κ3) is 3.88. The van der Waals surface area contributed by atoms with Crippen LogP contribution in [-0.4, -0.2) is 10.9 Å². The number of benzene rings is 1. The molecule has 2 rings (SSSR count). The number of nitrogens with one attached hydrogen (secondary N) is 1. The van der Waals surface area contributed by atoms with E-state index < -0.39 is 0 Å². The highest BCUT2D eigenvalue weighted by atomic mass is 79.9. The molecular formula is C14H12Br2N2O. The Balaban J connectivity index is 2.06. The second kappa shape index (κ2) is 6.30. The van der Waals surface area contributed by atoms with Crippen LogP contribution in [-0.2, 0) is 0 Å². The summed E-state index contributed by atoms with van der Waals surface area (Å²) in [5.74, 6) is -0.178. The molecule has 0 saturated carbocycles. The first kappa shape index (κ1) is 14.2. The van der Waals surface area contributed by atoms with E-state index in [4.69, 9.17) is 0 Å². The van der Waals surface area contributed by atoms with Gasteiger partial charge < -0.3 is 5.32 Å². The van der Waals surface area contributed by atoms with Crippen molar-refractivity contribution in [2.75, 3.05) is 0 Å². The lowest BCUT2D eigenvalue weighted by molar-refractivity contribution is 0.0935. The van der Waals surface area contributed by atoms with Gasteiger partial charge in [-0.15, -0.1) is 0 Å². The van der Waals surface area contributed by atoms with Crippen molar-refractivity contribution in [3.63, 3.8) is 0 Å². The molecule has 5 heteroatoms. The maximum atomic E-state index is 12.0. The van der Waals surface area contributed by atoms with Gasteiger partial charge in [-0.2, -0.15) is 0 Å². The van der Waals surface area contributed by atoms with E-state index in [0.717, 1.165) is 14.5 Å². The largest absolute Gasteiger partial charge is 0.344 e.